The molecule has 0 radical (unpaired) electrons. The Balaban J connectivity index is 1.30. The van der Waals surface area contributed by atoms with Crippen molar-refractivity contribution in [3.63, 3.8) is 0 Å². The van der Waals surface area contributed by atoms with Gasteiger partial charge in [-0.2, -0.15) is 0 Å². The molecule has 2 heterocycles. The van der Waals surface area contributed by atoms with Crippen molar-refractivity contribution >= 4 is 75.4 Å². The Morgan fingerprint density at radius 1 is 0.630 bits per heavy atom. The Morgan fingerprint density at radius 2 is 1.12 bits per heavy atom. The highest BCUT2D eigenvalue weighted by Crippen LogP contribution is 2.41. The zero-order valence-corrected chi connectivity index (χ0v) is 58.7. The summed E-state index contributed by atoms with van der Waals surface area (Å²) in [4.78, 5) is 97.5. The first-order chi connectivity index (χ1) is 43.1. The molecule has 0 saturated carbocycles. The van der Waals surface area contributed by atoms with Gasteiger partial charge in [-0.15, -0.1) is 0 Å². The van der Waals surface area contributed by atoms with E-state index in [1.54, 1.807) is 55.0 Å². The lowest BCUT2D eigenvalue weighted by atomic mass is 10.0. The number of nitrogens with one attached hydrogen (secondary N) is 5. The molecule has 2 saturated heterocycles. The van der Waals surface area contributed by atoms with Crippen LogP contribution in [0.2, 0.25) is 36.3 Å². The molecule has 2 fully saturated rings. The zero-order chi connectivity index (χ0) is 68.5. The molecule has 24 nitrogen and oxygen atoms in total. The van der Waals surface area contributed by atoms with Crippen LogP contribution in [-0.2, 0) is 44.1 Å². The van der Waals surface area contributed by atoms with Crippen LogP contribution < -0.4 is 45.5 Å². The van der Waals surface area contributed by atoms with Gasteiger partial charge in [-0.25, -0.2) is 9.59 Å². The number of ether oxygens (including phenoxy) is 7. The topological polar surface area (TPSA) is 289 Å². The first kappa shape index (κ1) is 75.2. The first-order valence-electron chi connectivity index (χ1n) is 31.0. The van der Waals surface area contributed by atoms with E-state index in [9.17, 15) is 38.7 Å². The smallest absolute Gasteiger partial charge is 0.411 e. The van der Waals surface area contributed by atoms with Crippen LogP contribution in [0.5, 0.6) is 23.0 Å². The molecule has 7 amide bonds. The molecule has 0 unspecified atom stereocenters. The lowest BCUT2D eigenvalue weighted by Gasteiger charge is -2.38. The number of anilines is 3. The Labute approximate surface area is 544 Å². The van der Waals surface area contributed by atoms with Gasteiger partial charge in [0, 0.05) is 50.9 Å². The molecule has 6 N–H and O–H groups in total. The predicted octanol–water partition coefficient (Wildman–Crippen LogP) is 10.6. The molecule has 26 heteroatoms. The van der Waals surface area contributed by atoms with E-state index in [0.29, 0.717) is 43.9 Å². The normalized spacial score (nSPS) is 16.0. The number of hydrogen-bond donors (Lipinski definition) is 6. The molecule has 0 bridgehead atoms. The highest BCUT2D eigenvalue weighted by molar-refractivity contribution is 6.74. The second-order valence-electron chi connectivity index (χ2n) is 26.6. The predicted molar refractivity (Wildman–Crippen MR) is 357 cm³/mol. The van der Waals surface area contributed by atoms with Crippen LogP contribution in [0.3, 0.4) is 0 Å². The molecule has 3 aromatic carbocycles. The van der Waals surface area contributed by atoms with Crippen LogP contribution in [0.4, 0.5) is 26.7 Å². The van der Waals surface area contributed by atoms with Crippen molar-refractivity contribution in [1.82, 2.24) is 20.4 Å². The van der Waals surface area contributed by atoms with E-state index < -0.39 is 64.5 Å². The maximum absolute atomic E-state index is 14.8. The number of carbonyl (C=O) groups is 7. The van der Waals surface area contributed by atoms with Gasteiger partial charge >= 0.3 is 12.2 Å². The lowest BCUT2D eigenvalue weighted by molar-refractivity contribution is -0.132. The molecular weight excluding hydrogens is 1220 g/mol. The summed E-state index contributed by atoms with van der Waals surface area (Å²) in [5.74, 6) is -1.83. The minimum Gasteiger partial charge on any atom is -0.493 e. The van der Waals surface area contributed by atoms with Gasteiger partial charge in [-0.3, -0.25) is 34.6 Å². The quantitative estimate of drug-likeness (QED) is 0.0192. The van der Waals surface area contributed by atoms with Crippen LogP contribution in [0.15, 0.2) is 72.8 Å². The van der Waals surface area contributed by atoms with Crippen molar-refractivity contribution in [3.05, 3.63) is 89.5 Å². The molecule has 3 aromatic rings. The Kier molecular flexibility index (Phi) is 27.3. The van der Waals surface area contributed by atoms with Gasteiger partial charge < -0.3 is 72.9 Å². The average Bonchev–Trinajstić information content (AvgIpc) is 1.46. The van der Waals surface area contributed by atoms with E-state index >= 15 is 0 Å². The summed E-state index contributed by atoms with van der Waals surface area (Å²) in [6.07, 6.45) is -0.929. The van der Waals surface area contributed by atoms with Gasteiger partial charge in [0.15, 0.2) is 39.6 Å². The highest BCUT2D eigenvalue weighted by atomic mass is 28.4. The van der Waals surface area contributed by atoms with Gasteiger partial charge in [0.05, 0.1) is 95.1 Å². The minimum absolute atomic E-state index is 0.00516. The largest absolute Gasteiger partial charge is 0.493 e. The van der Waals surface area contributed by atoms with E-state index in [1.807, 2.05) is 0 Å². The monoisotopic (exact) mass is 1320 g/mol. The zero-order valence-electron chi connectivity index (χ0n) is 56.7. The fraction of sp³-hybridized carbons (Fsp3) is 0.561. The molecule has 5 rings (SSSR count). The van der Waals surface area contributed by atoms with Gasteiger partial charge in [-0.1, -0.05) is 91.8 Å². The van der Waals surface area contributed by atoms with Crippen LogP contribution in [0.1, 0.15) is 114 Å². The summed E-state index contributed by atoms with van der Waals surface area (Å²) in [5, 5.41) is 23.1. The van der Waals surface area contributed by atoms with E-state index in [1.165, 1.54) is 45.4 Å². The summed E-state index contributed by atoms with van der Waals surface area (Å²) < 4.78 is 53.0. The number of hydrogen-bond acceptors (Lipinski definition) is 16. The van der Waals surface area contributed by atoms with E-state index in [2.05, 4.69) is 107 Å². The van der Waals surface area contributed by atoms with Crippen LogP contribution in [-0.4, -0.2) is 178 Å². The molecular formula is C66H99N7O17Si2. The molecule has 0 aliphatic carbocycles. The van der Waals surface area contributed by atoms with E-state index in [-0.39, 0.29) is 138 Å². The maximum Gasteiger partial charge on any atom is 0.411 e. The fourth-order valence-electron chi connectivity index (χ4n) is 9.43. The van der Waals surface area contributed by atoms with Crippen molar-refractivity contribution < 1.29 is 80.7 Å². The number of likely N-dealkylation sites (tertiary alicyclic amines) is 2. The van der Waals surface area contributed by atoms with Crippen LogP contribution in [0.25, 0.3) is 0 Å². The van der Waals surface area contributed by atoms with Crippen molar-refractivity contribution in [1.29, 1.82) is 0 Å². The van der Waals surface area contributed by atoms with Crippen molar-refractivity contribution in [2.75, 3.05) is 96.6 Å². The second kappa shape index (κ2) is 33.4. The number of methoxy groups -OCH3 is 3. The summed E-state index contributed by atoms with van der Waals surface area (Å²) in [5.41, 5.74) is 2.84. The first-order valence-corrected chi connectivity index (χ1v) is 36.8. The average molecular weight is 1320 g/mol. The second-order valence-corrected chi connectivity index (χ2v) is 36.2. The molecule has 2 aliphatic heterocycles. The van der Waals surface area contributed by atoms with Crippen LogP contribution in [0, 0.1) is 5.92 Å². The number of rotatable bonds is 32. The summed E-state index contributed by atoms with van der Waals surface area (Å²) >= 11 is 0. The van der Waals surface area contributed by atoms with E-state index in [4.69, 9.17) is 42.0 Å². The standard InChI is InChI=1S/C66H99N7O17Si2/c1-41(2)58(71-57(74)24-27-85-29-28-82-12)60(76)67-44(5)59(75)68-46-22-20-45(21-23-46)38-88-64(81)70-52-35-56(54(84-14)33-50(52)62(78)73-37-43(4)31-48(73)40-90-92(17,18)66(9,10)11)87-26-19-25-86-55-34-51(69-63(79)80)49(32-53(55)83-13)61(77)72-36-42(3)30-47(72)39-89-91(15,16)65(6,7)8/h20-23,32-35,41,44,47-48,58,69H,3-4,19,24-31,36-40H2,1-2,5-18H3,(H,67,76)(H,68,75)(H,70,81)(H,71,74)(H,79,80)/t44-,47-,48-,58-/m0/s1. The van der Waals surface area contributed by atoms with Gasteiger partial charge in [-0.05, 0) is 91.8 Å². The number of nitrogens with zero attached hydrogens (tertiary/aromatic N) is 2. The van der Waals surface area contributed by atoms with Gasteiger partial charge in [0.2, 0.25) is 17.7 Å². The summed E-state index contributed by atoms with van der Waals surface area (Å²) in [7, 11) is -0.0169. The Hall–Kier alpha value is -7.50. The third kappa shape index (κ3) is 21.3. The van der Waals surface area contributed by atoms with E-state index in [0.717, 1.165) is 11.1 Å². The third-order valence-electron chi connectivity index (χ3n) is 17.0. The molecule has 4 atom stereocenters. The summed E-state index contributed by atoms with van der Waals surface area (Å²) in [6.45, 7) is 36.7. The molecule has 0 spiro atoms. The van der Waals surface area contributed by atoms with Crippen LogP contribution >= 0.6 is 0 Å². The molecule has 92 heavy (non-hydrogen) atoms. The fourth-order valence-corrected chi connectivity index (χ4v) is 11.5. The Morgan fingerprint density at radius 3 is 1.57 bits per heavy atom. The van der Waals surface area contributed by atoms with Gasteiger partial charge in [0.1, 0.15) is 18.7 Å². The number of carboxylic acid groups (broad SMARTS) is 1. The highest BCUT2D eigenvalue weighted by Gasteiger charge is 2.42. The SMILES string of the molecule is C=C1C[C@@H](CO[Si](C)(C)C(C)(C)C)N(C(=O)c2cc(OC)c(OCCCOc3cc(NC(=O)OCc4ccc(NC(=O)[C@H](C)NC(=O)[C@@H](NC(=O)CCOCCOC)C(C)C)cc4)c(C(=O)N4CC(=C)C[C@H]4CO[Si](C)(C)C(C)(C)C)cc3OC)cc2NC(=O)O)C1. The lowest BCUT2D eigenvalue weighted by Crippen LogP contribution is -2.53. The van der Waals surface area contributed by atoms with Crippen molar-refractivity contribution in [2.24, 2.45) is 5.92 Å². The molecule has 508 valence electrons. The van der Waals surface area contributed by atoms with Gasteiger partial charge in [0.25, 0.3) is 11.8 Å². The van der Waals surface area contributed by atoms with Crippen molar-refractivity contribution in [3.8, 4) is 23.0 Å². The van der Waals surface area contributed by atoms with Crippen molar-refractivity contribution in [2.45, 2.75) is 155 Å². The maximum atomic E-state index is 14.8. The number of carbonyl (C=O) groups excluding carboxylic acids is 6. The molecule has 0 aromatic heterocycles. The molecule has 2 aliphatic rings. The number of amides is 7. The summed E-state index contributed by atoms with van der Waals surface area (Å²) in [6, 6.07) is 9.81. The third-order valence-corrected chi connectivity index (χ3v) is 26.0. The minimum atomic E-state index is -2.23. The number of benzene rings is 3. The Bertz CT molecular complexity index is 3110.